The number of hydrogen-bond acceptors (Lipinski definition) is 5. The van der Waals surface area contributed by atoms with E-state index in [1.807, 2.05) is 18.2 Å². The quantitative estimate of drug-likeness (QED) is 0.614. The summed E-state index contributed by atoms with van der Waals surface area (Å²) in [5.41, 5.74) is 0.603. The molecule has 1 aromatic rings. The molecule has 1 saturated carbocycles. The summed E-state index contributed by atoms with van der Waals surface area (Å²) in [5, 5.41) is 0. The number of methoxy groups -OCH3 is 1. The maximum absolute atomic E-state index is 10.9. The number of benzene rings is 1. The maximum atomic E-state index is 10.9. The number of carbonyl (C=O) groups excluding carboxylic acids is 1. The Morgan fingerprint density at radius 3 is 2.54 bits per heavy atom. The standard InChI is InChI=1S/C19H26N2O3/c1-21-11-7-16(8-12-21)24-18-13-15(5-6-17(18)23-2)19(20-14-22)9-3-4-10-19/h5-6,13,16H,3-4,7-12H2,1-2H3. The number of nitrogens with zero attached hydrogens (tertiary/aromatic N) is 2. The molecular formula is C19H26N2O3. The summed E-state index contributed by atoms with van der Waals surface area (Å²) >= 11 is 0. The minimum absolute atomic E-state index is 0.208. The first-order valence-corrected chi connectivity index (χ1v) is 8.79. The summed E-state index contributed by atoms with van der Waals surface area (Å²) in [4.78, 5) is 17.4. The molecule has 0 unspecified atom stereocenters. The molecule has 1 aromatic carbocycles. The maximum Gasteiger partial charge on any atom is 0.235 e. The highest BCUT2D eigenvalue weighted by Crippen LogP contribution is 2.44. The lowest BCUT2D eigenvalue weighted by atomic mass is 9.88. The van der Waals surface area contributed by atoms with E-state index in [0.29, 0.717) is 0 Å². The fourth-order valence-electron chi connectivity index (χ4n) is 3.85. The Labute approximate surface area is 143 Å². The van der Waals surface area contributed by atoms with Gasteiger partial charge in [0.1, 0.15) is 6.10 Å². The predicted octanol–water partition coefficient (Wildman–Crippen LogP) is 3.27. The molecule has 0 radical (unpaired) electrons. The molecule has 5 nitrogen and oxygen atoms in total. The van der Waals surface area contributed by atoms with E-state index in [2.05, 4.69) is 16.9 Å². The number of isocyanates is 1. The molecule has 2 fully saturated rings. The molecule has 1 heterocycles. The van der Waals surface area contributed by atoms with Crippen molar-refractivity contribution in [1.29, 1.82) is 0 Å². The van der Waals surface area contributed by atoms with E-state index in [4.69, 9.17) is 9.47 Å². The van der Waals surface area contributed by atoms with Crippen molar-refractivity contribution < 1.29 is 14.3 Å². The van der Waals surface area contributed by atoms with Gasteiger partial charge in [0.15, 0.2) is 11.5 Å². The van der Waals surface area contributed by atoms with Gasteiger partial charge in [-0.25, -0.2) is 4.79 Å². The Kier molecular flexibility index (Phi) is 5.22. The molecule has 0 spiro atoms. The summed E-state index contributed by atoms with van der Waals surface area (Å²) in [7, 11) is 3.80. The first-order chi connectivity index (χ1) is 11.7. The van der Waals surface area contributed by atoms with Gasteiger partial charge in [-0.3, -0.25) is 0 Å². The second-order valence-electron chi connectivity index (χ2n) is 6.93. The smallest absolute Gasteiger partial charge is 0.235 e. The summed E-state index contributed by atoms with van der Waals surface area (Å²) in [6.07, 6.45) is 7.97. The van der Waals surface area contributed by atoms with Crippen molar-refractivity contribution in [3.8, 4) is 11.5 Å². The van der Waals surface area contributed by atoms with E-state index < -0.39 is 5.54 Å². The molecule has 0 atom stereocenters. The SMILES string of the molecule is COc1ccc(C2(N=C=O)CCCC2)cc1OC1CCN(C)CC1. The van der Waals surface area contributed by atoms with Crippen molar-refractivity contribution in [1.82, 2.24) is 4.90 Å². The van der Waals surface area contributed by atoms with Crippen LogP contribution in [0.4, 0.5) is 0 Å². The predicted molar refractivity (Wildman–Crippen MR) is 92.4 cm³/mol. The second-order valence-corrected chi connectivity index (χ2v) is 6.93. The van der Waals surface area contributed by atoms with Crippen molar-refractivity contribution in [3.63, 3.8) is 0 Å². The molecule has 3 rings (SSSR count). The Morgan fingerprint density at radius 2 is 1.92 bits per heavy atom. The minimum atomic E-state index is -0.432. The van der Waals surface area contributed by atoms with E-state index in [9.17, 15) is 4.79 Å². The van der Waals surface area contributed by atoms with Crippen LogP contribution in [0.2, 0.25) is 0 Å². The molecule has 0 bridgehead atoms. The van der Waals surface area contributed by atoms with Gasteiger partial charge in [0, 0.05) is 13.1 Å². The third-order valence-corrected chi connectivity index (χ3v) is 5.35. The molecule has 130 valence electrons. The van der Waals surface area contributed by atoms with Crippen LogP contribution in [0.3, 0.4) is 0 Å². The van der Waals surface area contributed by atoms with Crippen molar-refractivity contribution in [2.75, 3.05) is 27.2 Å². The van der Waals surface area contributed by atoms with Crippen LogP contribution in [-0.4, -0.2) is 44.3 Å². The van der Waals surface area contributed by atoms with Crippen LogP contribution in [0.5, 0.6) is 11.5 Å². The van der Waals surface area contributed by atoms with Gasteiger partial charge in [-0.2, -0.15) is 4.99 Å². The number of aliphatic imine (C=N–C) groups is 1. The number of ether oxygens (including phenoxy) is 2. The van der Waals surface area contributed by atoms with Crippen LogP contribution >= 0.6 is 0 Å². The topological polar surface area (TPSA) is 51.1 Å². The Morgan fingerprint density at radius 1 is 1.21 bits per heavy atom. The molecule has 1 aliphatic carbocycles. The van der Waals surface area contributed by atoms with Crippen molar-refractivity contribution in [2.24, 2.45) is 4.99 Å². The van der Waals surface area contributed by atoms with E-state index in [1.165, 1.54) is 0 Å². The van der Waals surface area contributed by atoms with Gasteiger partial charge in [-0.15, -0.1) is 0 Å². The third-order valence-electron chi connectivity index (χ3n) is 5.35. The number of piperidine rings is 1. The lowest BCUT2D eigenvalue weighted by molar-refractivity contribution is 0.111. The highest BCUT2D eigenvalue weighted by Gasteiger charge is 2.36. The highest BCUT2D eigenvalue weighted by molar-refractivity contribution is 5.47. The summed E-state index contributed by atoms with van der Waals surface area (Å²) in [6, 6.07) is 5.95. The first-order valence-electron chi connectivity index (χ1n) is 8.79. The molecule has 2 aliphatic rings. The van der Waals surface area contributed by atoms with Gasteiger partial charge < -0.3 is 14.4 Å². The molecule has 0 aromatic heterocycles. The van der Waals surface area contributed by atoms with Crippen LogP contribution in [0.1, 0.15) is 44.1 Å². The normalized spacial score (nSPS) is 21.2. The molecule has 1 saturated heterocycles. The molecule has 1 aliphatic heterocycles. The van der Waals surface area contributed by atoms with E-state index in [0.717, 1.165) is 68.7 Å². The first kappa shape index (κ1) is 17.0. The lowest BCUT2D eigenvalue weighted by Gasteiger charge is -2.30. The number of hydrogen-bond donors (Lipinski definition) is 0. The Bertz CT molecular complexity index is 611. The zero-order valence-electron chi connectivity index (χ0n) is 14.6. The van der Waals surface area contributed by atoms with Crippen LogP contribution in [0, 0.1) is 0 Å². The molecule has 5 heteroatoms. The van der Waals surface area contributed by atoms with Crippen LogP contribution in [0.25, 0.3) is 0 Å². The zero-order chi connectivity index (χ0) is 17.0. The highest BCUT2D eigenvalue weighted by atomic mass is 16.5. The number of rotatable bonds is 5. The van der Waals surface area contributed by atoms with Crippen molar-refractivity contribution in [2.45, 2.75) is 50.2 Å². The van der Waals surface area contributed by atoms with Crippen LogP contribution < -0.4 is 9.47 Å². The second kappa shape index (κ2) is 7.37. The number of likely N-dealkylation sites (tertiary alicyclic amines) is 1. The van der Waals surface area contributed by atoms with E-state index in [-0.39, 0.29) is 6.10 Å². The molecule has 0 amide bonds. The van der Waals surface area contributed by atoms with Crippen LogP contribution in [0.15, 0.2) is 23.2 Å². The lowest BCUT2D eigenvalue weighted by Crippen LogP contribution is -2.35. The summed E-state index contributed by atoms with van der Waals surface area (Å²) in [5.74, 6) is 1.50. The van der Waals surface area contributed by atoms with Gasteiger partial charge in [0.25, 0.3) is 0 Å². The zero-order valence-corrected chi connectivity index (χ0v) is 14.6. The fourth-order valence-corrected chi connectivity index (χ4v) is 3.85. The molecule has 0 N–H and O–H groups in total. The largest absolute Gasteiger partial charge is 0.493 e. The third kappa shape index (κ3) is 3.47. The van der Waals surface area contributed by atoms with Crippen molar-refractivity contribution in [3.05, 3.63) is 23.8 Å². The molecule has 24 heavy (non-hydrogen) atoms. The molecular weight excluding hydrogens is 304 g/mol. The van der Waals surface area contributed by atoms with E-state index >= 15 is 0 Å². The van der Waals surface area contributed by atoms with Gasteiger partial charge in [-0.1, -0.05) is 18.9 Å². The van der Waals surface area contributed by atoms with Gasteiger partial charge in [0.2, 0.25) is 6.08 Å². The van der Waals surface area contributed by atoms with Gasteiger partial charge in [-0.05, 0) is 50.4 Å². The monoisotopic (exact) mass is 330 g/mol. The Hall–Kier alpha value is -1.84. The summed E-state index contributed by atoms with van der Waals surface area (Å²) < 4.78 is 11.7. The average molecular weight is 330 g/mol. The van der Waals surface area contributed by atoms with Gasteiger partial charge >= 0.3 is 0 Å². The minimum Gasteiger partial charge on any atom is -0.493 e. The fraction of sp³-hybridized carbons (Fsp3) is 0.632. The van der Waals surface area contributed by atoms with Crippen molar-refractivity contribution >= 4 is 6.08 Å². The Balaban J connectivity index is 1.86. The van der Waals surface area contributed by atoms with Gasteiger partial charge in [0.05, 0.1) is 12.6 Å². The van der Waals surface area contributed by atoms with Crippen LogP contribution in [-0.2, 0) is 10.3 Å². The van der Waals surface area contributed by atoms with E-state index in [1.54, 1.807) is 13.2 Å². The average Bonchev–Trinajstić information content (AvgIpc) is 3.07. The summed E-state index contributed by atoms with van der Waals surface area (Å²) in [6.45, 7) is 2.10.